The quantitative estimate of drug-likeness (QED) is 0.834. The maximum absolute atomic E-state index is 12.0. The molecule has 0 aliphatic carbocycles. The zero-order valence-corrected chi connectivity index (χ0v) is 13.0. The van der Waals surface area contributed by atoms with Crippen LogP contribution in [0.1, 0.15) is 25.8 Å². The summed E-state index contributed by atoms with van der Waals surface area (Å²) in [5.74, 6) is -0.649. The van der Waals surface area contributed by atoms with Crippen molar-refractivity contribution in [1.82, 2.24) is 5.32 Å². The lowest BCUT2D eigenvalue weighted by Crippen LogP contribution is -2.36. The summed E-state index contributed by atoms with van der Waals surface area (Å²) in [6, 6.07) is 13.7. The van der Waals surface area contributed by atoms with Crippen molar-refractivity contribution in [2.75, 3.05) is 6.54 Å². The lowest BCUT2D eigenvalue weighted by atomic mass is 10.0. The maximum atomic E-state index is 12.0. The molecule has 0 spiro atoms. The molecule has 4 heteroatoms. The number of amides is 1. The molecule has 1 amide bonds. The van der Waals surface area contributed by atoms with Crippen LogP contribution in [-0.4, -0.2) is 24.5 Å². The normalized spacial score (nSPS) is 11.9. The van der Waals surface area contributed by atoms with E-state index in [0.29, 0.717) is 6.54 Å². The Morgan fingerprint density at radius 3 is 2.64 bits per heavy atom. The van der Waals surface area contributed by atoms with E-state index in [0.717, 1.165) is 22.8 Å². The van der Waals surface area contributed by atoms with Gasteiger partial charge in [0.2, 0.25) is 0 Å². The molecule has 0 bridgehead atoms. The van der Waals surface area contributed by atoms with E-state index in [1.54, 1.807) is 6.92 Å². The monoisotopic (exact) mass is 299 g/mol. The number of carbonyl (C=O) groups excluding carboxylic acids is 2. The van der Waals surface area contributed by atoms with Crippen LogP contribution in [0.25, 0.3) is 10.8 Å². The summed E-state index contributed by atoms with van der Waals surface area (Å²) in [4.78, 5) is 23.8. The smallest absolute Gasteiger partial charge is 0.311 e. The molecule has 2 aromatic carbocycles. The third-order valence-electron chi connectivity index (χ3n) is 3.44. The standard InChI is InChI=1S/C18H21NO3/c1-3-11-19-18(21)13(2)22-17(20)12-15-9-6-8-14-7-4-5-10-16(14)15/h4-10,13H,3,11-12H2,1-2H3,(H,19,21). The Hall–Kier alpha value is -2.36. The summed E-state index contributed by atoms with van der Waals surface area (Å²) >= 11 is 0. The summed E-state index contributed by atoms with van der Waals surface area (Å²) in [6.07, 6.45) is 0.240. The molecule has 4 nitrogen and oxygen atoms in total. The van der Waals surface area contributed by atoms with Crippen molar-refractivity contribution in [3.8, 4) is 0 Å². The molecule has 0 radical (unpaired) electrons. The zero-order chi connectivity index (χ0) is 15.9. The third kappa shape index (κ3) is 4.07. The zero-order valence-electron chi connectivity index (χ0n) is 13.0. The fourth-order valence-electron chi connectivity index (χ4n) is 2.29. The van der Waals surface area contributed by atoms with Gasteiger partial charge in [0.1, 0.15) is 0 Å². The minimum Gasteiger partial charge on any atom is -0.452 e. The molecule has 0 fully saturated rings. The van der Waals surface area contributed by atoms with Crippen molar-refractivity contribution in [3.05, 3.63) is 48.0 Å². The molecule has 0 heterocycles. The van der Waals surface area contributed by atoms with E-state index in [1.165, 1.54) is 0 Å². The van der Waals surface area contributed by atoms with E-state index >= 15 is 0 Å². The molecular formula is C18H21NO3. The highest BCUT2D eigenvalue weighted by atomic mass is 16.5. The minimum atomic E-state index is -0.769. The molecule has 116 valence electrons. The van der Waals surface area contributed by atoms with Gasteiger partial charge in [-0.15, -0.1) is 0 Å². The lowest BCUT2D eigenvalue weighted by molar-refractivity contribution is -0.154. The first kappa shape index (κ1) is 16.0. The Morgan fingerprint density at radius 1 is 1.14 bits per heavy atom. The summed E-state index contributed by atoms with van der Waals surface area (Å²) < 4.78 is 5.21. The number of esters is 1. The van der Waals surface area contributed by atoms with E-state index in [1.807, 2.05) is 49.4 Å². The van der Waals surface area contributed by atoms with Crippen LogP contribution in [0.4, 0.5) is 0 Å². The van der Waals surface area contributed by atoms with Gasteiger partial charge in [0.15, 0.2) is 6.10 Å². The maximum Gasteiger partial charge on any atom is 0.311 e. The Bertz CT molecular complexity index is 661. The second-order valence-corrected chi connectivity index (χ2v) is 5.24. The summed E-state index contributed by atoms with van der Waals surface area (Å²) in [5, 5.41) is 4.83. The average Bonchev–Trinajstić information content (AvgIpc) is 2.52. The summed E-state index contributed by atoms with van der Waals surface area (Å²) in [6.45, 7) is 4.15. The van der Waals surface area contributed by atoms with Crippen LogP contribution in [-0.2, 0) is 20.7 Å². The highest BCUT2D eigenvalue weighted by molar-refractivity contribution is 5.90. The molecule has 0 saturated heterocycles. The van der Waals surface area contributed by atoms with E-state index < -0.39 is 12.1 Å². The second-order valence-electron chi connectivity index (χ2n) is 5.24. The van der Waals surface area contributed by atoms with Gasteiger partial charge in [0.25, 0.3) is 5.91 Å². The first-order valence-corrected chi connectivity index (χ1v) is 7.55. The van der Waals surface area contributed by atoms with Crippen molar-refractivity contribution in [1.29, 1.82) is 0 Å². The summed E-state index contributed by atoms with van der Waals surface area (Å²) in [7, 11) is 0. The van der Waals surface area contributed by atoms with Crippen LogP contribution in [0.2, 0.25) is 0 Å². The van der Waals surface area contributed by atoms with Gasteiger partial charge in [0.05, 0.1) is 6.42 Å². The van der Waals surface area contributed by atoms with Crippen LogP contribution in [0.3, 0.4) is 0 Å². The van der Waals surface area contributed by atoms with Gasteiger partial charge < -0.3 is 10.1 Å². The topological polar surface area (TPSA) is 55.4 Å². The molecule has 22 heavy (non-hydrogen) atoms. The number of hydrogen-bond acceptors (Lipinski definition) is 3. The van der Waals surface area contributed by atoms with E-state index in [-0.39, 0.29) is 12.3 Å². The Labute approximate surface area is 130 Å². The van der Waals surface area contributed by atoms with Gasteiger partial charge in [-0.05, 0) is 29.7 Å². The van der Waals surface area contributed by atoms with Crippen LogP contribution >= 0.6 is 0 Å². The Morgan fingerprint density at radius 2 is 1.86 bits per heavy atom. The average molecular weight is 299 g/mol. The van der Waals surface area contributed by atoms with Gasteiger partial charge in [-0.1, -0.05) is 49.4 Å². The second kappa shape index (κ2) is 7.59. The number of hydrogen-bond donors (Lipinski definition) is 1. The number of benzene rings is 2. The molecule has 2 rings (SSSR count). The molecule has 0 saturated carbocycles. The van der Waals surface area contributed by atoms with Crippen molar-refractivity contribution in [3.63, 3.8) is 0 Å². The SMILES string of the molecule is CCCNC(=O)C(C)OC(=O)Cc1cccc2ccccc12. The fraction of sp³-hybridized carbons (Fsp3) is 0.333. The van der Waals surface area contributed by atoms with Gasteiger partial charge in [0, 0.05) is 6.54 Å². The van der Waals surface area contributed by atoms with Gasteiger partial charge in [-0.3, -0.25) is 9.59 Å². The molecular weight excluding hydrogens is 278 g/mol. The van der Waals surface area contributed by atoms with Crippen LogP contribution in [0.5, 0.6) is 0 Å². The van der Waals surface area contributed by atoms with Crippen molar-refractivity contribution in [2.45, 2.75) is 32.8 Å². The van der Waals surface area contributed by atoms with Gasteiger partial charge >= 0.3 is 5.97 Å². The highest BCUT2D eigenvalue weighted by Crippen LogP contribution is 2.19. The predicted octanol–water partition coefficient (Wildman–Crippen LogP) is 2.84. The predicted molar refractivity (Wildman–Crippen MR) is 86.5 cm³/mol. The Balaban J connectivity index is 2.00. The van der Waals surface area contributed by atoms with Crippen molar-refractivity contribution < 1.29 is 14.3 Å². The van der Waals surface area contributed by atoms with Crippen LogP contribution < -0.4 is 5.32 Å². The number of ether oxygens (including phenoxy) is 1. The van der Waals surface area contributed by atoms with Crippen LogP contribution in [0, 0.1) is 0 Å². The first-order valence-electron chi connectivity index (χ1n) is 7.55. The lowest BCUT2D eigenvalue weighted by Gasteiger charge is -2.13. The highest BCUT2D eigenvalue weighted by Gasteiger charge is 2.17. The molecule has 1 atom stereocenters. The van der Waals surface area contributed by atoms with Gasteiger partial charge in [-0.25, -0.2) is 0 Å². The number of fused-ring (bicyclic) bond motifs is 1. The van der Waals surface area contributed by atoms with E-state index in [9.17, 15) is 9.59 Å². The number of nitrogens with one attached hydrogen (secondary N) is 1. The largest absolute Gasteiger partial charge is 0.452 e. The van der Waals surface area contributed by atoms with E-state index in [4.69, 9.17) is 4.74 Å². The van der Waals surface area contributed by atoms with E-state index in [2.05, 4.69) is 5.32 Å². The molecule has 0 aliphatic rings. The Kier molecular flexibility index (Phi) is 5.53. The number of carbonyl (C=O) groups is 2. The molecule has 1 unspecified atom stereocenters. The molecule has 0 aromatic heterocycles. The third-order valence-corrected chi connectivity index (χ3v) is 3.44. The van der Waals surface area contributed by atoms with Crippen molar-refractivity contribution >= 4 is 22.6 Å². The van der Waals surface area contributed by atoms with Gasteiger partial charge in [-0.2, -0.15) is 0 Å². The molecule has 1 N–H and O–H groups in total. The van der Waals surface area contributed by atoms with Crippen molar-refractivity contribution in [2.24, 2.45) is 0 Å². The summed E-state index contributed by atoms with van der Waals surface area (Å²) in [5.41, 5.74) is 0.907. The van der Waals surface area contributed by atoms with Crippen LogP contribution in [0.15, 0.2) is 42.5 Å². The molecule has 2 aromatic rings. The number of rotatable bonds is 6. The molecule has 0 aliphatic heterocycles. The fourth-order valence-corrected chi connectivity index (χ4v) is 2.29. The minimum absolute atomic E-state index is 0.159. The first-order chi connectivity index (χ1) is 10.6.